The highest BCUT2D eigenvalue weighted by molar-refractivity contribution is 5.81. The van der Waals surface area contributed by atoms with Crippen LogP contribution in [0.2, 0.25) is 0 Å². The maximum Gasteiger partial charge on any atom is 0.164 e. The predicted molar refractivity (Wildman–Crippen MR) is 60.2 cm³/mol. The summed E-state index contributed by atoms with van der Waals surface area (Å²) >= 11 is 0. The minimum absolute atomic E-state index is 0.00519. The van der Waals surface area contributed by atoms with Crippen molar-refractivity contribution in [3.63, 3.8) is 0 Å². The molecule has 0 radical (unpaired) electrons. The van der Waals surface area contributed by atoms with Gasteiger partial charge in [0.1, 0.15) is 11.6 Å². The molecule has 0 atom stereocenters. The molecule has 1 fully saturated rings. The molecule has 3 nitrogen and oxygen atoms in total. The van der Waals surface area contributed by atoms with Gasteiger partial charge in [0.25, 0.3) is 0 Å². The number of halogens is 1. The van der Waals surface area contributed by atoms with Crippen molar-refractivity contribution in [1.29, 1.82) is 0 Å². The zero-order valence-corrected chi connectivity index (χ0v) is 9.74. The Labute approximate surface area is 99.5 Å². The second kappa shape index (κ2) is 5.38. The van der Waals surface area contributed by atoms with Gasteiger partial charge in [-0.05, 0) is 30.2 Å². The van der Waals surface area contributed by atoms with E-state index in [1.807, 2.05) is 6.92 Å². The van der Waals surface area contributed by atoms with Crippen LogP contribution in [0.1, 0.15) is 17.5 Å². The summed E-state index contributed by atoms with van der Waals surface area (Å²) in [6.45, 7) is 2.94. The van der Waals surface area contributed by atoms with E-state index in [0.717, 1.165) is 11.1 Å². The summed E-state index contributed by atoms with van der Waals surface area (Å²) in [5.41, 5.74) is 1.65. The summed E-state index contributed by atoms with van der Waals surface area (Å²) < 4.78 is 23.4. The first-order valence-corrected chi connectivity index (χ1v) is 5.65. The zero-order chi connectivity index (χ0) is 12.3. The Morgan fingerprint density at radius 2 is 2.12 bits per heavy atom. The van der Waals surface area contributed by atoms with Crippen LogP contribution >= 0.6 is 0 Å². The molecule has 0 aliphatic carbocycles. The van der Waals surface area contributed by atoms with Crippen molar-refractivity contribution in [2.45, 2.75) is 26.1 Å². The number of Topliss-reactive ketones (excluding diaryl/α,β-unsaturated/α-hetero) is 1. The molecular weight excluding hydrogens is 223 g/mol. The van der Waals surface area contributed by atoms with Crippen molar-refractivity contribution < 1.29 is 18.7 Å². The van der Waals surface area contributed by atoms with Gasteiger partial charge in [-0.3, -0.25) is 4.79 Å². The molecule has 0 unspecified atom stereocenters. The molecule has 1 aromatic rings. The van der Waals surface area contributed by atoms with Crippen molar-refractivity contribution in [2.75, 3.05) is 13.2 Å². The molecule has 17 heavy (non-hydrogen) atoms. The highest BCUT2D eigenvalue weighted by Gasteiger charge is 2.20. The van der Waals surface area contributed by atoms with E-state index >= 15 is 0 Å². The standard InChI is InChI=1S/C13H15FO3/c1-9-2-3-11(14)6-10(9)7-12(15)8-13-16-4-5-17-13/h2-3,6,13H,4-5,7-8H2,1H3. The van der Waals surface area contributed by atoms with Crippen LogP contribution in [-0.4, -0.2) is 25.3 Å². The van der Waals surface area contributed by atoms with Gasteiger partial charge < -0.3 is 9.47 Å². The van der Waals surface area contributed by atoms with E-state index in [9.17, 15) is 9.18 Å². The zero-order valence-electron chi connectivity index (χ0n) is 9.74. The number of hydrogen-bond acceptors (Lipinski definition) is 3. The number of rotatable bonds is 4. The third-order valence-corrected chi connectivity index (χ3v) is 2.78. The van der Waals surface area contributed by atoms with E-state index < -0.39 is 6.29 Å². The lowest BCUT2D eigenvalue weighted by Crippen LogP contribution is -2.16. The van der Waals surface area contributed by atoms with Gasteiger partial charge in [-0.2, -0.15) is 0 Å². The van der Waals surface area contributed by atoms with Gasteiger partial charge in [0.05, 0.1) is 19.6 Å². The van der Waals surface area contributed by atoms with E-state index in [2.05, 4.69) is 0 Å². The minimum Gasteiger partial charge on any atom is -0.350 e. The van der Waals surface area contributed by atoms with Crippen molar-refractivity contribution in [2.24, 2.45) is 0 Å². The number of ketones is 1. The fourth-order valence-corrected chi connectivity index (χ4v) is 1.83. The van der Waals surface area contributed by atoms with Crippen LogP contribution in [0.25, 0.3) is 0 Å². The summed E-state index contributed by atoms with van der Waals surface area (Å²) in [6, 6.07) is 4.48. The lowest BCUT2D eigenvalue weighted by atomic mass is 10.0. The largest absolute Gasteiger partial charge is 0.350 e. The van der Waals surface area contributed by atoms with Gasteiger partial charge in [-0.1, -0.05) is 6.07 Å². The van der Waals surface area contributed by atoms with Crippen molar-refractivity contribution in [3.8, 4) is 0 Å². The summed E-state index contributed by atoms with van der Waals surface area (Å²) in [5, 5.41) is 0. The van der Waals surface area contributed by atoms with Crippen LogP contribution in [0, 0.1) is 12.7 Å². The topological polar surface area (TPSA) is 35.5 Å². The fraction of sp³-hybridized carbons (Fsp3) is 0.462. The molecule has 0 saturated carbocycles. The third-order valence-electron chi connectivity index (χ3n) is 2.78. The summed E-state index contributed by atoms with van der Waals surface area (Å²) in [6.07, 6.45) is 0.0410. The van der Waals surface area contributed by atoms with Crippen molar-refractivity contribution in [3.05, 3.63) is 35.1 Å². The predicted octanol–water partition coefficient (Wildman–Crippen LogP) is 2.01. The Balaban J connectivity index is 1.95. The van der Waals surface area contributed by atoms with Crippen LogP contribution in [0.5, 0.6) is 0 Å². The Kier molecular flexibility index (Phi) is 3.86. The number of ether oxygens (including phenoxy) is 2. The van der Waals surface area contributed by atoms with E-state index in [1.165, 1.54) is 12.1 Å². The number of benzene rings is 1. The monoisotopic (exact) mass is 238 g/mol. The second-order valence-electron chi connectivity index (χ2n) is 4.16. The van der Waals surface area contributed by atoms with Gasteiger partial charge in [-0.25, -0.2) is 4.39 Å². The maximum absolute atomic E-state index is 13.0. The molecule has 1 aliphatic heterocycles. The summed E-state index contributed by atoms with van der Waals surface area (Å²) in [5.74, 6) is -0.308. The molecule has 1 heterocycles. The first-order valence-electron chi connectivity index (χ1n) is 5.65. The quantitative estimate of drug-likeness (QED) is 0.805. The first kappa shape index (κ1) is 12.2. The molecule has 0 aromatic heterocycles. The number of carbonyl (C=O) groups excluding carboxylic acids is 1. The highest BCUT2D eigenvalue weighted by atomic mass is 19.1. The lowest BCUT2D eigenvalue weighted by Gasteiger charge is -2.09. The van der Waals surface area contributed by atoms with Gasteiger partial charge in [-0.15, -0.1) is 0 Å². The SMILES string of the molecule is Cc1ccc(F)cc1CC(=O)CC1OCCO1. The molecular formula is C13H15FO3. The summed E-state index contributed by atoms with van der Waals surface area (Å²) in [4.78, 5) is 11.7. The Morgan fingerprint density at radius 1 is 1.41 bits per heavy atom. The third kappa shape index (κ3) is 3.35. The van der Waals surface area contributed by atoms with Gasteiger partial charge in [0.2, 0.25) is 0 Å². The smallest absolute Gasteiger partial charge is 0.164 e. The maximum atomic E-state index is 13.0. The Bertz CT molecular complexity index is 411. The number of hydrogen-bond donors (Lipinski definition) is 0. The normalized spacial score (nSPS) is 16.4. The first-order chi connectivity index (χ1) is 8.15. The molecule has 0 N–H and O–H groups in total. The average Bonchev–Trinajstić information content (AvgIpc) is 2.76. The highest BCUT2D eigenvalue weighted by Crippen LogP contribution is 2.14. The van der Waals surface area contributed by atoms with Crippen LogP contribution in [0.3, 0.4) is 0 Å². The van der Waals surface area contributed by atoms with Crippen molar-refractivity contribution >= 4 is 5.78 Å². The molecule has 92 valence electrons. The van der Waals surface area contributed by atoms with E-state index in [0.29, 0.717) is 13.2 Å². The molecule has 4 heteroatoms. The van der Waals surface area contributed by atoms with E-state index in [1.54, 1.807) is 6.07 Å². The second-order valence-corrected chi connectivity index (χ2v) is 4.16. The lowest BCUT2D eigenvalue weighted by molar-refractivity contribution is -0.126. The average molecular weight is 238 g/mol. The molecule has 0 spiro atoms. The Morgan fingerprint density at radius 3 is 2.82 bits per heavy atom. The molecule has 1 aromatic carbocycles. The van der Waals surface area contributed by atoms with Crippen LogP contribution in [0.4, 0.5) is 4.39 Å². The minimum atomic E-state index is -0.420. The molecule has 1 aliphatic rings. The van der Waals surface area contributed by atoms with Crippen LogP contribution in [-0.2, 0) is 20.7 Å². The molecule has 0 amide bonds. The van der Waals surface area contributed by atoms with E-state index in [4.69, 9.17) is 9.47 Å². The van der Waals surface area contributed by atoms with Gasteiger partial charge in [0, 0.05) is 6.42 Å². The molecule has 0 bridgehead atoms. The summed E-state index contributed by atoms with van der Waals surface area (Å²) in [7, 11) is 0. The molecule has 2 rings (SSSR count). The van der Waals surface area contributed by atoms with Crippen LogP contribution < -0.4 is 0 Å². The fourth-order valence-electron chi connectivity index (χ4n) is 1.83. The number of carbonyl (C=O) groups is 1. The van der Waals surface area contributed by atoms with Gasteiger partial charge in [0.15, 0.2) is 6.29 Å². The van der Waals surface area contributed by atoms with Gasteiger partial charge >= 0.3 is 0 Å². The number of aryl methyl sites for hydroxylation is 1. The van der Waals surface area contributed by atoms with Crippen LogP contribution in [0.15, 0.2) is 18.2 Å². The van der Waals surface area contributed by atoms with Crippen molar-refractivity contribution in [1.82, 2.24) is 0 Å². The Hall–Kier alpha value is -1.26. The molecule has 1 saturated heterocycles. The van der Waals surface area contributed by atoms with E-state index in [-0.39, 0.29) is 24.4 Å².